The van der Waals surface area contributed by atoms with E-state index in [0.717, 1.165) is 6.42 Å². The maximum atomic E-state index is 11.9. The molecule has 1 N–H and O–H groups in total. The molecule has 21 heavy (non-hydrogen) atoms. The summed E-state index contributed by atoms with van der Waals surface area (Å²) in [7, 11) is 0. The average Bonchev–Trinajstić information content (AvgIpc) is 2.95. The van der Waals surface area contributed by atoms with E-state index < -0.39 is 0 Å². The monoisotopic (exact) mass is 307 g/mol. The fraction of sp³-hybridized carbons (Fsp3) is 0.312. The van der Waals surface area contributed by atoms with Crippen molar-refractivity contribution in [1.82, 2.24) is 5.32 Å². The Morgan fingerprint density at radius 1 is 1.29 bits per heavy atom. The number of amides is 1. The maximum Gasteiger partial charge on any atom is 0.287 e. The molecule has 2 aromatic rings. The minimum Gasteiger partial charge on any atom is -0.486 e. The highest BCUT2D eigenvalue weighted by Gasteiger charge is 2.13. The molecule has 0 saturated heterocycles. The molecule has 1 atom stereocenters. The smallest absolute Gasteiger partial charge is 0.287 e. The van der Waals surface area contributed by atoms with Gasteiger partial charge in [-0.1, -0.05) is 18.5 Å². The summed E-state index contributed by atoms with van der Waals surface area (Å²) >= 11 is 5.80. The summed E-state index contributed by atoms with van der Waals surface area (Å²) in [5.41, 5.74) is 0. The molecular weight excluding hydrogens is 290 g/mol. The summed E-state index contributed by atoms with van der Waals surface area (Å²) in [4.78, 5) is 11.9. The lowest BCUT2D eigenvalue weighted by Gasteiger charge is -2.09. The van der Waals surface area contributed by atoms with Gasteiger partial charge in [0.25, 0.3) is 5.91 Å². The van der Waals surface area contributed by atoms with Gasteiger partial charge in [-0.25, -0.2) is 0 Å². The van der Waals surface area contributed by atoms with Crippen LogP contribution in [0.5, 0.6) is 5.75 Å². The Kier molecular flexibility index (Phi) is 5.28. The Bertz CT molecular complexity index is 592. The number of halogens is 1. The molecule has 5 heteroatoms. The van der Waals surface area contributed by atoms with Crippen LogP contribution in [0.15, 0.2) is 40.8 Å². The van der Waals surface area contributed by atoms with Crippen molar-refractivity contribution in [3.8, 4) is 5.75 Å². The molecular formula is C16H18ClNO3. The van der Waals surface area contributed by atoms with E-state index in [1.165, 1.54) is 0 Å². The van der Waals surface area contributed by atoms with Crippen LogP contribution in [0.1, 0.15) is 36.6 Å². The van der Waals surface area contributed by atoms with Gasteiger partial charge in [0.2, 0.25) is 0 Å². The average molecular weight is 308 g/mol. The van der Waals surface area contributed by atoms with Gasteiger partial charge in [0.15, 0.2) is 5.76 Å². The van der Waals surface area contributed by atoms with Gasteiger partial charge in [0.05, 0.1) is 0 Å². The van der Waals surface area contributed by atoms with Crippen LogP contribution >= 0.6 is 11.6 Å². The number of hydrogen-bond donors (Lipinski definition) is 1. The van der Waals surface area contributed by atoms with E-state index in [2.05, 4.69) is 5.32 Å². The van der Waals surface area contributed by atoms with E-state index in [1.54, 1.807) is 36.4 Å². The molecule has 1 aromatic carbocycles. The van der Waals surface area contributed by atoms with Crippen molar-refractivity contribution in [3.05, 3.63) is 52.9 Å². The Morgan fingerprint density at radius 3 is 2.67 bits per heavy atom. The van der Waals surface area contributed by atoms with Gasteiger partial charge in [-0.05, 0) is 49.7 Å². The first-order valence-corrected chi connectivity index (χ1v) is 7.24. The summed E-state index contributed by atoms with van der Waals surface area (Å²) in [6.07, 6.45) is 0.874. The summed E-state index contributed by atoms with van der Waals surface area (Å²) in [5, 5.41) is 3.51. The second-order valence-electron chi connectivity index (χ2n) is 4.79. The molecule has 2 rings (SSSR count). The molecule has 4 nitrogen and oxygen atoms in total. The molecule has 0 fully saturated rings. The van der Waals surface area contributed by atoms with Gasteiger partial charge < -0.3 is 14.5 Å². The van der Waals surface area contributed by atoms with E-state index >= 15 is 0 Å². The standard InChI is InChI=1S/C16H18ClNO3/c1-3-11(2)18-16(19)15-9-8-14(21-15)10-20-13-6-4-12(17)5-7-13/h4-9,11H,3,10H2,1-2H3,(H,18,19)/t11-/m0/s1. The zero-order chi connectivity index (χ0) is 15.2. The third-order valence-electron chi connectivity index (χ3n) is 3.07. The first kappa shape index (κ1) is 15.4. The minimum atomic E-state index is -0.206. The largest absolute Gasteiger partial charge is 0.486 e. The molecule has 1 heterocycles. The Hall–Kier alpha value is -1.94. The normalized spacial score (nSPS) is 12.0. The van der Waals surface area contributed by atoms with Crippen LogP contribution in [0.25, 0.3) is 0 Å². The highest BCUT2D eigenvalue weighted by molar-refractivity contribution is 6.30. The first-order valence-electron chi connectivity index (χ1n) is 6.86. The number of furan rings is 1. The molecule has 1 amide bonds. The van der Waals surface area contributed by atoms with Crippen molar-refractivity contribution >= 4 is 17.5 Å². The van der Waals surface area contributed by atoms with E-state index in [0.29, 0.717) is 22.3 Å². The van der Waals surface area contributed by atoms with Gasteiger partial charge in [0.1, 0.15) is 18.1 Å². The predicted octanol–water partition coefficient (Wildman–Crippen LogP) is 4.04. The van der Waals surface area contributed by atoms with Crippen LogP contribution in [-0.4, -0.2) is 11.9 Å². The maximum absolute atomic E-state index is 11.9. The van der Waals surface area contributed by atoms with Crippen molar-refractivity contribution in [3.63, 3.8) is 0 Å². The van der Waals surface area contributed by atoms with Crippen LogP contribution in [0.2, 0.25) is 5.02 Å². The van der Waals surface area contributed by atoms with Crippen LogP contribution in [-0.2, 0) is 6.61 Å². The molecule has 0 saturated carbocycles. The topological polar surface area (TPSA) is 51.5 Å². The number of ether oxygens (including phenoxy) is 1. The van der Waals surface area contributed by atoms with Crippen LogP contribution < -0.4 is 10.1 Å². The van der Waals surface area contributed by atoms with Crippen molar-refractivity contribution < 1.29 is 13.9 Å². The second-order valence-corrected chi connectivity index (χ2v) is 5.23. The fourth-order valence-electron chi connectivity index (χ4n) is 1.66. The zero-order valence-electron chi connectivity index (χ0n) is 12.1. The molecule has 1 aromatic heterocycles. The SMILES string of the molecule is CC[C@H](C)NC(=O)c1ccc(COc2ccc(Cl)cc2)o1. The van der Waals surface area contributed by atoms with Crippen molar-refractivity contribution in [2.45, 2.75) is 32.9 Å². The third-order valence-corrected chi connectivity index (χ3v) is 3.32. The van der Waals surface area contributed by atoms with Crippen LogP contribution in [0, 0.1) is 0 Å². The van der Waals surface area contributed by atoms with Gasteiger partial charge in [0, 0.05) is 11.1 Å². The fourth-order valence-corrected chi connectivity index (χ4v) is 1.79. The van der Waals surface area contributed by atoms with Gasteiger partial charge in [-0.3, -0.25) is 4.79 Å². The van der Waals surface area contributed by atoms with Crippen LogP contribution in [0.3, 0.4) is 0 Å². The van der Waals surface area contributed by atoms with E-state index in [9.17, 15) is 4.79 Å². The number of nitrogens with one attached hydrogen (secondary N) is 1. The number of benzene rings is 1. The van der Waals surface area contributed by atoms with Gasteiger partial charge >= 0.3 is 0 Å². The van der Waals surface area contributed by atoms with E-state index in [-0.39, 0.29) is 18.6 Å². The lowest BCUT2D eigenvalue weighted by Crippen LogP contribution is -2.31. The Balaban J connectivity index is 1.91. The molecule has 0 aliphatic heterocycles. The molecule has 0 aliphatic rings. The van der Waals surface area contributed by atoms with Crippen LogP contribution in [0.4, 0.5) is 0 Å². The predicted molar refractivity (Wildman–Crippen MR) is 81.7 cm³/mol. The lowest BCUT2D eigenvalue weighted by molar-refractivity contribution is 0.0907. The Morgan fingerprint density at radius 2 is 2.00 bits per heavy atom. The molecule has 112 valence electrons. The van der Waals surface area contributed by atoms with Gasteiger partial charge in [-0.15, -0.1) is 0 Å². The number of hydrogen-bond acceptors (Lipinski definition) is 3. The first-order chi connectivity index (χ1) is 10.1. The highest BCUT2D eigenvalue weighted by atomic mass is 35.5. The Labute approximate surface area is 129 Å². The molecule has 0 radical (unpaired) electrons. The highest BCUT2D eigenvalue weighted by Crippen LogP contribution is 2.17. The quantitative estimate of drug-likeness (QED) is 0.876. The summed E-state index contributed by atoms with van der Waals surface area (Å²) in [6.45, 7) is 4.22. The van der Waals surface area contributed by atoms with Crippen molar-refractivity contribution in [1.29, 1.82) is 0 Å². The number of carbonyl (C=O) groups is 1. The minimum absolute atomic E-state index is 0.122. The summed E-state index contributed by atoms with van der Waals surface area (Å²) in [5.74, 6) is 1.38. The molecule has 0 unspecified atom stereocenters. The molecule has 0 spiro atoms. The molecule has 0 bridgehead atoms. The summed E-state index contributed by atoms with van der Waals surface area (Å²) < 4.78 is 11.0. The zero-order valence-corrected chi connectivity index (χ0v) is 12.8. The summed E-state index contributed by atoms with van der Waals surface area (Å²) in [6, 6.07) is 10.6. The van der Waals surface area contributed by atoms with E-state index in [1.807, 2.05) is 13.8 Å². The number of rotatable bonds is 6. The van der Waals surface area contributed by atoms with E-state index in [4.69, 9.17) is 20.8 Å². The van der Waals surface area contributed by atoms with Gasteiger partial charge in [-0.2, -0.15) is 0 Å². The third kappa shape index (κ3) is 4.53. The second kappa shape index (κ2) is 7.18. The number of carbonyl (C=O) groups excluding carboxylic acids is 1. The lowest BCUT2D eigenvalue weighted by atomic mass is 10.2. The molecule has 0 aliphatic carbocycles. The van der Waals surface area contributed by atoms with Crippen molar-refractivity contribution in [2.75, 3.05) is 0 Å². The van der Waals surface area contributed by atoms with Crippen molar-refractivity contribution in [2.24, 2.45) is 0 Å².